The molecule has 57 heavy (non-hydrogen) atoms. The van der Waals surface area contributed by atoms with Crippen LogP contribution in [0.1, 0.15) is 37.8 Å². The van der Waals surface area contributed by atoms with E-state index >= 15 is 0 Å². The van der Waals surface area contributed by atoms with Gasteiger partial charge in [0.2, 0.25) is 17.7 Å². The van der Waals surface area contributed by atoms with E-state index < -0.39 is 40.7 Å². The summed E-state index contributed by atoms with van der Waals surface area (Å²) in [7, 11) is 0. The van der Waals surface area contributed by atoms with Gasteiger partial charge >= 0.3 is 6.18 Å². The lowest BCUT2D eigenvalue weighted by Crippen LogP contribution is -2.49. The lowest BCUT2D eigenvalue weighted by atomic mass is 10.0. The summed E-state index contributed by atoms with van der Waals surface area (Å²) in [6.45, 7) is 6.87. The van der Waals surface area contributed by atoms with Gasteiger partial charge in [-0.3, -0.25) is 39.2 Å². The van der Waals surface area contributed by atoms with Gasteiger partial charge in [0.1, 0.15) is 23.9 Å². The number of nitrogens with zero attached hydrogens (tertiary/aromatic N) is 5. The molecule has 0 spiro atoms. The Balaban J connectivity index is 0.984. The fourth-order valence-corrected chi connectivity index (χ4v) is 7.71. The second-order valence-electron chi connectivity index (χ2n) is 14.1. The summed E-state index contributed by atoms with van der Waals surface area (Å²) in [5.41, 5.74) is -1.73. The van der Waals surface area contributed by atoms with Crippen molar-refractivity contribution < 1.29 is 37.1 Å². The average molecular weight is 846 g/mol. The number of imide groups is 1. The van der Waals surface area contributed by atoms with Crippen LogP contribution in [-0.2, 0) is 25.4 Å². The number of nitriles is 1. The maximum atomic E-state index is 13.7. The Kier molecular flexibility index (Phi) is 12.3. The molecule has 0 bridgehead atoms. The zero-order valence-corrected chi connectivity index (χ0v) is 33.0. The van der Waals surface area contributed by atoms with E-state index in [0.717, 1.165) is 17.0 Å². The maximum absolute atomic E-state index is 13.7. The van der Waals surface area contributed by atoms with E-state index in [1.54, 1.807) is 50.2 Å². The number of rotatable bonds is 11. The monoisotopic (exact) mass is 844 g/mol. The van der Waals surface area contributed by atoms with Gasteiger partial charge in [0.25, 0.3) is 5.91 Å². The Labute approximate surface area is 341 Å². The van der Waals surface area contributed by atoms with Gasteiger partial charge < -0.3 is 20.3 Å². The van der Waals surface area contributed by atoms with Crippen LogP contribution in [0, 0.1) is 11.3 Å². The van der Waals surface area contributed by atoms with E-state index in [9.17, 15) is 37.6 Å². The van der Waals surface area contributed by atoms with Crippen LogP contribution in [-0.4, -0.2) is 96.0 Å². The predicted octanol–water partition coefficient (Wildman–Crippen LogP) is 5.65. The molecule has 3 aromatic rings. The zero-order chi connectivity index (χ0) is 41.2. The van der Waals surface area contributed by atoms with E-state index in [0.29, 0.717) is 73.6 Å². The van der Waals surface area contributed by atoms with E-state index in [1.165, 1.54) is 17.0 Å². The zero-order valence-electron chi connectivity index (χ0n) is 30.7. The average Bonchev–Trinajstić information content (AvgIpc) is 3.33. The minimum Gasteiger partial charge on any atom is -0.491 e. The highest BCUT2D eigenvalue weighted by Gasteiger charge is 2.51. The molecular formula is C38H37Cl2F3N8O5S. The summed E-state index contributed by atoms with van der Waals surface area (Å²) in [6.07, 6.45) is -4.22. The quantitative estimate of drug-likeness (QED) is 0.162. The van der Waals surface area contributed by atoms with E-state index in [-0.39, 0.29) is 40.6 Å². The SMILES string of the molecule is CC1(C)C(=O)N(c2ccc(C#N)c(C(F)(F)F)c2)C(=S)N1c1ccc(OCCN2CCN(CC(=O)Nc3cc(NC4CCC(=O)NC4=O)ccc3Cl)CC2)c(Cl)c1. The molecule has 0 radical (unpaired) electrons. The number of hydrogen-bond acceptors (Lipinski definition) is 10. The van der Waals surface area contributed by atoms with E-state index in [2.05, 4.69) is 20.9 Å². The molecule has 1 unspecified atom stereocenters. The first-order valence-electron chi connectivity index (χ1n) is 17.8. The molecule has 1 atom stereocenters. The lowest BCUT2D eigenvalue weighted by molar-refractivity contribution is -0.138. The van der Waals surface area contributed by atoms with Crippen molar-refractivity contribution in [2.45, 2.75) is 44.4 Å². The van der Waals surface area contributed by atoms with Crippen LogP contribution >= 0.6 is 35.4 Å². The summed E-state index contributed by atoms with van der Waals surface area (Å²) in [5, 5.41) is 17.9. The number of anilines is 4. The summed E-state index contributed by atoms with van der Waals surface area (Å²) >= 11 is 18.6. The molecule has 13 nitrogen and oxygen atoms in total. The first kappa shape index (κ1) is 41.6. The molecule has 3 saturated heterocycles. The molecular weight excluding hydrogens is 808 g/mol. The Hall–Kier alpha value is -4.99. The van der Waals surface area contributed by atoms with Crippen molar-refractivity contribution in [3.8, 4) is 11.8 Å². The highest BCUT2D eigenvalue weighted by Crippen LogP contribution is 2.41. The molecule has 3 aromatic carbocycles. The number of hydrogen-bond donors (Lipinski definition) is 3. The molecule has 6 rings (SSSR count). The molecule has 3 aliphatic heterocycles. The lowest BCUT2D eigenvalue weighted by Gasteiger charge is -2.34. The number of piperazine rings is 1. The number of nitrogens with one attached hydrogen (secondary N) is 3. The smallest absolute Gasteiger partial charge is 0.417 e. The van der Waals surface area contributed by atoms with Gasteiger partial charge in [0.15, 0.2) is 5.11 Å². The van der Waals surface area contributed by atoms with Gasteiger partial charge in [0.05, 0.1) is 45.2 Å². The molecule has 0 aliphatic carbocycles. The molecule has 0 aromatic heterocycles. The Morgan fingerprint density at radius 1 is 1.00 bits per heavy atom. The second kappa shape index (κ2) is 16.9. The third kappa shape index (κ3) is 9.26. The number of benzene rings is 3. The highest BCUT2D eigenvalue weighted by molar-refractivity contribution is 7.81. The van der Waals surface area contributed by atoms with Gasteiger partial charge in [-0.2, -0.15) is 18.4 Å². The molecule has 300 valence electrons. The molecule has 3 heterocycles. The number of amides is 4. The summed E-state index contributed by atoms with van der Waals surface area (Å²) in [5.74, 6) is -1.13. The number of thiocarbonyl (C=S) groups is 1. The fourth-order valence-electron chi connectivity index (χ4n) is 6.80. The fraction of sp³-hybridized carbons (Fsp3) is 0.368. The summed E-state index contributed by atoms with van der Waals surface area (Å²) < 4.78 is 47.1. The third-order valence-corrected chi connectivity index (χ3v) is 10.8. The van der Waals surface area contributed by atoms with Crippen LogP contribution in [0.5, 0.6) is 5.75 Å². The molecule has 19 heteroatoms. The van der Waals surface area contributed by atoms with Crippen molar-refractivity contribution in [1.82, 2.24) is 15.1 Å². The first-order valence-corrected chi connectivity index (χ1v) is 19.0. The molecule has 3 N–H and O–H groups in total. The normalized spacial score (nSPS) is 19.0. The number of halogens is 5. The van der Waals surface area contributed by atoms with Gasteiger partial charge in [-0.15, -0.1) is 0 Å². The van der Waals surface area contributed by atoms with Crippen LogP contribution in [0.25, 0.3) is 0 Å². The largest absolute Gasteiger partial charge is 0.491 e. The first-order chi connectivity index (χ1) is 27.0. The minimum absolute atomic E-state index is 0.0541. The minimum atomic E-state index is -4.82. The topological polar surface area (TPSA) is 150 Å². The molecule has 0 saturated carbocycles. The van der Waals surface area contributed by atoms with E-state index in [4.69, 9.17) is 40.2 Å². The number of ether oxygens (including phenoxy) is 1. The van der Waals surface area contributed by atoms with Crippen molar-refractivity contribution in [3.05, 3.63) is 75.8 Å². The van der Waals surface area contributed by atoms with Crippen molar-refractivity contribution in [2.24, 2.45) is 0 Å². The van der Waals surface area contributed by atoms with Crippen molar-refractivity contribution in [2.75, 3.05) is 66.3 Å². The number of carbonyl (C=O) groups excluding carboxylic acids is 4. The van der Waals surface area contributed by atoms with E-state index in [1.807, 2.05) is 4.90 Å². The Bertz CT molecular complexity index is 2160. The second-order valence-corrected chi connectivity index (χ2v) is 15.3. The van der Waals surface area contributed by atoms with Gasteiger partial charge in [0, 0.05) is 50.5 Å². The summed E-state index contributed by atoms with van der Waals surface area (Å²) in [4.78, 5) is 56.8. The van der Waals surface area contributed by atoms with Crippen molar-refractivity contribution in [1.29, 1.82) is 5.26 Å². The molecule has 4 amide bonds. The maximum Gasteiger partial charge on any atom is 0.417 e. The van der Waals surface area contributed by atoms with Crippen molar-refractivity contribution in [3.63, 3.8) is 0 Å². The van der Waals surface area contributed by atoms with Gasteiger partial charge in [-0.1, -0.05) is 23.2 Å². The van der Waals surface area contributed by atoms with Gasteiger partial charge in [-0.05, 0) is 87.1 Å². The van der Waals surface area contributed by atoms with Crippen LogP contribution < -0.4 is 30.5 Å². The van der Waals surface area contributed by atoms with Gasteiger partial charge in [-0.25, -0.2) is 0 Å². The number of piperidine rings is 1. The Morgan fingerprint density at radius 3 is 2.37 bits per heavy atom. The van der Waals surface area contributed by atoms with Crippen LogP contribution in [0.2, 0.25) is 10.0 Å². The van der Waals surface area contributed by atoms with Crippen LogP contribution in [0.3, 0.4) is 0 Å². The third-order valence-electron chi connectivity index (χ3n) is 9.85. The molecule has 3 aliphatic rings. The highest BCUT2D eigenvalue weighted by atomic mass is 35.5. The summed E-state index contributed by atoms with van der Waals surface area (Å²) in [6, 6.07) is 13.8. The molecule has 3 fully saturated rings. The van der Waals surface area contributed by atoms with Crippen LogP contribution in [0.15, 0.2) is 54.6 Å². The standard InChI is InChI=1S/C38H37Cl2F3N8O5S/c1-37(2)35(55)50(24-5-3-22(20-44)26(18-24)38(41,42)43)36(57)51(37)25-6-9-31(28(40)19-25)56-16-15-48-11-13-49(14-12-48)21-33(53)46-30-17-23(4-7-27(30)39)45-29-8-10-32(52)47-34(29)54/h3-7,9,17-19,29,45H,8,10-16,21H2,1-2H3,(H,46,53)(H,47,52,54). The number of alkyl halides is 3. The van der Waals surface area contributed by atoms with Crippen molar-refractivity contribution >= 4 is 86.9 Å². The van der Waals surface area contributed by atoms with Crippen LogP contribution in [0.4, 0.5) is 35.9 Å². The Morgan fingerprint density at radius 2 is 1.70 bits per heavy atom. The predicted molar refractivity (Wildman–Crippen MR) is 213 cm³/mol. The number of carbonyl (C=O) groups is 4.